The zero-order chi connectivity index (χ0) is 13.0. The Morgan fingerprint density at radius 2 is 2.17 bits per heavy atom. The van der Waals surface area contributed by atoms with Gasteiger partial charge in [0.2, 0.25) is 0 Å². The molecule has 18 heavy (non-hydrogen) atoms. The molecule has 0 saturated carbocycles. The van der Waals surface area contributed by atoms with Crippen molar-refractivity contribution in [2.24, 2.45) is 0 Å². The summed E-state index contributed by atoms with van der Waals surface area (Å²) in [4.78, 5) is 0. The van der Waals surface area contributed by atoms with Crippen LogP contribution in [0.3, 0.4) is 0 Å². The molecular weight excluding hydrogens is 229 g/mol. The van der Waals surface area contributed by atoms with Crippen molar-refractivity contribution in [3.63, 3.8) is 0 Å². The number of ether oxygens (including phenoxy) is 1. The summed E-state index contributed by atoms with van der Waals surface area (Å²) in [6.07, 6.45) is 2.35. The van der Waals surface area contributed by atoms with Crippen LogP contribution in [0.2, 0.25) is 0 Å². The molecule has 0 bridgehead atoms. The number of hydrogen-bond acceptors (Lipinski definition) is 2. The predicted molar refractivity (Wildman–Crippen MR) is 71.7 cm³/mol. The SMILES string of the molecule is CC(C)Oc1cccc(C(F)C2CCCCN2)c1. The lowest BCUT2D eigenvalue weighted by molar-refractivity contribution is 0.217. The van der Waals surface area contributed by atoms with Crippen molar-refractivity contribution in [3.8, 4) is 5.75 Å². The van der Waals surface area contributed by atoms with Crippen LogP contribution in [0.5, 0.6) is 5.75 Å². The molecule has 1 heterocycles. The molecule has 2 atom stereocenters. The van der Waals surface area contributed by atoms with Crippen molar-refractivity contribution in [1.29, 1.82) is 0 Å². The quantitative estimate of drug-likeness (QED) is 0.882. The summed E-state index contributed by atoms with van der Waals surface area (Å²) in [6, 6.07) is 7.36. The summed E-state index contributed by atoms with van der Waals surface area (Å²) in [6.45, 7) is 4.87. The van der Waals surface area contributed by atoms with Gasteiger partial charge in [-0.2, -0.15) is 0 Å². The van der Waals surface area contributed by atoms with Gasteiger partial charge < -0.3 is 10.1 Å². The average Bonchev–Trinajstić information content (AvgIpc) is 2.38. The second-order valence-corrected chi connectivity index (χ2v) is 5.20. The molecule has 0 spiro atoms. The summed E-state index contributed by atoms with van der Waals surface area (Å²) >= 11 is 0. The van der Waals surface area contributed by atoms with E-state index in [1.54, 1.807) is 0 Å². The Labute approximate surface area is 109 Å². The van der Waals surface area contributed by atoms with E-state index in [-0.39, 0.29) is 12.1 Å². The lowest BCUT2D eigenvalue weighted by Crippen LogP contribution is -2.37. The van der Waals surface area contributed by atoms with Crippen LogP contribution in [0, 0.1) is 0 Å². The normalized spacial score (nSPS) is 21.9. The Hall–Kier alpha value is -1.09. The molecule has 1 aromatic rings. The van der Waals surface area contributed by atoms with Crippen LogP contribution in [-0.4, -0.2) is 18.7 Å². The standard InChI is InChI=1S/C15H22FNO/c1-11(2)18-13-7-5-6-12(10-13)15(16)14-8-3-4-9-17-14/h5-7,10-11,14-15,17H,3-4,8-9H2,1-2H3. The fourth-order valence-corrected chi connectivity index (χ4v) is 2.39. The largest absolute Gasteiger partial charge is 0.491 e. The molecule has 1 aliphatic rings. The molecule has 2 nitrogen and oxygen atoms in total. The minimum Gasteiger partial charge on any atom is -0.491 e. The van der Waals surface area contributed by atoms with E-state index in [0.717, 1.165) is 31.6 Å². The summed E-state index contributed by atoms with van der Waals surface area (Å²) in [7, 11) is 0. The molecule has 1 saturated heterocycles. The van der Waals surface area contributed by atoms with Gasteiger partial charge in [0, 0.05) is 6.04 Å². The molecule has 0 aliphatic carbocycles. The van der Waals surface area contributed by atoms with E-state index in [0.29, 0.717) is 5.56 Å². The second kappa shape index (κ2) is 6.19. The Bertz CT molecular complexity index is 375. The van der Waals surface area contributed by atoms with Crippen LogP contribution in [0.1, 0.15) is 44.8 Å². The van der Waals surface area contributed by atoms with Crippen molar-refractivity contribution in [1.82, 2.24) is 5.32 Å². The summed E-state index contributed by atoms with van der Waals surface area (Å²) in [5.41, 5.74) is 0.715. The lowest BCUT2D eigenvalue weighted by atomic mass is 9.96. The van der Waals surface area contributed by atoms with Gasteiger partial charge in [0.15, 0.2) is 0 Å². The number of alkyl halides is 1. The fraction of sp³-hybridized carbons (Fsp3) is 0.600. The first-order chi connectivity index (χ1) is 8.66. The third-order valence-electron chi connectivity index (χ3n) is 3.25. The van der Waals surface area contributed by atoms with E-state index >= 15 is 0 Å². The van der Waals surface area contributed by atoms with Gasteiger partial charge >= 0.3 is 0 Å². The van der Waals surface area contributed by atoms with Crippen LogP contribution in [-0.2, 0) is 0 Å². The van der Waals surface area contributed by atoms with E-state index in [1.807, 2.05) is 38.1 Å². The minimum atomic E-state index is -0.944. The van der Waals surface area contributed by atoms with Crippen molar-refractivity contribution in [2.75, 3.05) is 6.54 Å². The Kier molecular flexibility index (Phi) is 4.59. The van der Waals surface area contributed by atoms with Gasteiger partial charge in [-0.05, 0) is 50.9 Å². The number of halogens is 1. The zero-order valence-electron chi connectivity index (χ0n) is 11.2. The van der Waals surface area contributed by atoms with Crippen LogP contribution >= 0.6 is 0 Å². The maximum atomic E-state index is 14.4. The monoisotopic (exact) mass is 251 g/mol. The third-order valence-corrected chi connectivity index (χ3v) is 3.25. The van der Waals surface area contributed by atoms with Gasteiger partial charge in [0.1, 0.15) is 11.9 Å². The highest BCUT2D eigenvalue weighted by atomic mass is 19.1. The summed E-state index contributed by atoms with van der Waals surface area (Å²) in [5.74, 6) is 0.751. The van der Waals surface area contributed by atoms with Gasteiger partial charge in [-0.25, -0.2) is 4.39 Å². The number of hydrogen-bond donors (Lipinski definition) is 1. The second-order valence-electron chi connectivity index (χ2n) is 5.20. The van der Waals surface area contributed by atoms with Gasteiger partial charge in [-0.3, -0.25) is 0 Å². The average molecular weight is 251 g/mol. The number of rotatable bonds is 4. The first-order valence-electron chi connectivity index (χ1n) is 6.81. The first kappa shape index (κ1) is 13.3. The van der Waals surface area contributed by atoms with E-state index in [2.05, 4.69) is 5.32 Å². The molecule has 2 rings (SSSR count). The Morgan fingerprint density at radius 1 is 1.33 bits per heavy atom. The molecule has 3 heteroatoms. The Balaban J connectivity index is 2.06. The lowest BCUT2D eigenvalue weighted by Gasteiger charge is -2.27. The number of piperidine rings is 1. The van der Waals surface area contributed by atoms with Gasteiger partial charge in [0.25, 0.3) is 0 Å². The molecule has 2 unspecified atom stereocenters. The van der Waals surface area contributed by atoms with Gasteiger partial charge in [-0.15, -0.1) is 0 Å². The zero-order valence-corrected chi connectivity index (χ0v) is 11.2. The predicted octanol–water partition coefficient (Wildman–Crippen LogP) is 3.63. The van der Waals surface area contributed by atoms with E-state index in [1.165, 1.54) is 0 Å². The van der Waals surface area contributed by atoms with Crippen molar-refractivity contribution in [2.45, 2.75) is 51.4 Å². The highest BCUT2D eigenvalue weighted by Crippen LogP contribution is 2.29. The molecular formula is C15H22FNO. The highest BCUT2D eigenvalue weighted by molar-refractivity contribution is 5.30. The van der Waals surface area contributed by atoms with Crippen molar-refractivity contribution in [3.05, 3.63) is 29.8 Å². The van der Waals surface area contributed by atoms with Crippen LogP contribution < -0.4 is 10.1 Å². The van der Waals surface area contributed by atoms with Crippen LogP contribution in [0.25, 0.3) is 0 Å². The molecule has 0 radical (unpaired) electrons. The maximum absolute atomic E-state index is 14.4. The van der Waals surface area contributed by atoms with Crippen molar-refractivity contribution < 1.29 is 9.13 Å². The molecule has 1 N–H and O–H groups in total. The minimum absolute atomic E-state index is 0.0481. The molecule has 1 aliphatic heterocycles. The summed E-state index contributed by atoms with van der Waals surface area (Å²) in [5, 5.41) is 3.26. The maximum Gasteiger partial charge on any atom is 0.140 e. The van der Waals surface area contributed by atoms with Gasteiger partial charge in [0.05, 0.1) is 6.10 Å². The Morgan fingerprint density at radius 3 is 2.83 bits per heavy atom. The van der Waals surface area contributed by atoms with Crippen LogP contribution in [0.15, 0.2) is 24.3 Å². The number of benzene rings is 1. The van der Waals surface area contributed by atoms with E-state index in [4.69, 9.17) is 4.74 Å². The first-order valence-corrected chi connectivity index (χ1v) is 6.81. The van der Waals surface area contributed by atoms with Gasteiger partial charge in [-0.1, -0.05) is 18.6 Å². The molecule has 100 valence electrons. The van der Waals surface area contributed by atoms with E-state index in [9.17, 15) is 4.39 Å². The van der Waals surface area contributed by atoms with Crippen LogP contribution in [0.4, 0.5) is 4.39 Å². The number of nitrogens with one attached hydrogen (secondary N) is 1. The molecule has 0 amide bonds. The fourth-order valence-electron chi connectivity index (χ4n) is 2.39. The van der Waals surface area contributed by atoms with E-state index < -0.39 is 6.17 Å². The summed E-state index contributed by atoms with van der Waals surface area (Å²) < 4.78 is 20.0. The molecule has 1 aromatic carbocycles. The topological polar surface area (TPSA) is 21.3 Å². The van der Waals surface area contributed by atoms with Crippen molar-refractivity contribution >= 4 is 0 Å². The molecule has 1 fully saturated rings. The third kappa shape index (κ3) is 3.45. The molecule has 0 aromatic heterocycles. The smallest absolute Gasteiger partial charge is 0.140 e. The highest BCUT2D eigenvalue weighted by Gasteiger charge is 2.24.